The number of aromatic nitrogens is 2. The highest BCUT2D eigenvalue weighted by Gasteiger charge is 2.26. The first-order valence-corrected chi connectivity index (χ1v) is 7.89. The van der Waals surface area contributed by atoms with Crippen molar-refractivity contribution in [1.29, 1.82) is 0 Å². The molecule has 2 aromatic rings. The molecule has 8 nitrogen and oxygen atoms in total. The average molecular weight is 350 g/mol. The molecule has 1 heterocycles. The molecule has 0 aliphatic rings. The summed E-state index contributed by atoms with van der Waals surface area (Å²) in [5.41, 5.74) is -0.354. The SMILES string of the molecule is COc1c(C(=O)O)cc(Cl)cc1S(=O)(=O)Nc1cnns1. The molecule has 1 aromatic carbocycles. The fraction of sp³-hybridized carbons (Fsp3) is 0.100. The van der Waals surface area contributed by atoms with Crippen LogP contribution in [0.1, 0.15) is 10.4 Å². The first-order chi connectivity index (χ1) is 9.85. The van der Waals surface area contributed by atoms with Crippen LogP contribution < -0.4 is 9.46 Å². The summed E-state index contributed by atoms with van der Waals surface area (Å²) in [6.07, 6.45) is 1.22. The van der Waals surface area contributed by atoms with Crippen molar-refractivity contribution in [2.45, 2.75) is 4.90 Å². The van der Waals surface area contributed by atoms with Gasteiger partial charge in [0.2, 0.25) is 0 Å². The van der Waals surface area contributed by atoms with E-state index in [1.165, 1.54) is 13.3 Å². The zero-order valence-electron chi connectivity index (χ0n) is 10.4. The molecule has 0 unspecified atom stereocenters. The third-order valence-corrected chi connectivity index (χ3v) is 4.64. The van der Waals surface area contributed by atoms with Gasteiger partial charge >= 0.3 is 5.97 Å². The number of nitrogens with one attached hydrogen (secondary N) is 1. The number of methoxy groups -OCH3 is 1. The van der Waals surface area contributed by atoms with Crippen molar-refractivity contribution in [3.63, 3.8) is 0 Å². The second-order valence-corrected chi connectivity index (χ2v) is 6.55. The maximum atomic E-state index is 12.3. The molecule has 0 aliphatic carbocycles. The van der Waals surface area contributed by atoms with Gasteiger partial charge in [0.05, 0.1) is 13.3 Å². The Morgan fingerprint density at radius 1 is 1.48 bits per heavy atom. The second kappa shape index (κ2) is 5.84. The van der Waals surface area contributed by atoms with E-state index >= 15 is 0 Å². The number of nitrogens with zero attached hydrogens (tertiary/aromatic N) is 2. The van der Waals surface area contributed by atoms with E-state index in [1.54, 1.807) is 0 Å². The third-order valence-electron chi connectivity index (χ3n) is 2.34. The topological polar surface area (TPSA) is 118 Å². The summed E-state index contributed by atoms with van der Waals surface area (Å²) in [6.45, 7) is 0. The number of carbonyl (C=O) groups is 1. The Hall–Kier alpha value is -1.91. The van der Waals surface area contributed by atoms with Crippen LogP contribution in [0.25, 0.3) is 0 Å². The molecule has 0 spiro atoms. The van der Waals surface area contributed by atoms with E-state index in [2.05, 4.69) is 14.3 Å². The lowest BCUT2D eigenvalue weighted by molar-refractivity contribution is 0.0693. The van der Waals surface area contributed by atoms with Gasteiger partial charge in [-0.2, -0.15) is 0 Å². The van der Waals surface area contributed by atoms with Crippen LogP contribution in [-0.4, -0.2) is 36.2 Å². The minimum atomic E-state index is -4.10. The summed E-state index contributed by atoms with van der Waals surface area (Å²) in [5, 5.41) is 12.7. The average Bonchev–Trinajstić information content (AvgIpc) is 2.89. The Bertz CT molecular complexity index is 776. The van der Waals surface area contributed by atoms with Gasteiger partial charge in [-0.3, -0.25) is 4.72 Å². The van der Waals surface area contributed by atoms with Crippen molar-refractivity contribution in [3.8, 4) is 5.75 Å². The number of benzene rings is 1. The van der Waals surface area contributed by atoms with Gasteiger partial charge in [-0.25, -0.2) is 13.2 Å². The third kappa shape index (κ3) is 3.23. The number of halogens is 1. The Balaban J connectivity index is 2.59. The molecule has 0 saturated heterocycles. The molecule has 0 saturated carbocycles. The molecule has 1 aromatic heterocycles. The number of carboxylic acid groups (broad SMARTS) is 1. The molecule has 0 fully saturated rings. The monoisotopic (exact) mass is 349 g/mol. The smallest absolute Gasteiger partial charge is 0.339 e. The molecule has 0 radical (unpaired) electrons. The molecule has 2 rings (SSSR count). The Labute approximate surface area is 128 Å². The number of anilines is 1. The van der Waals surface area contributed by atoms with Crippen LogP contribution in [0, 0.1) is 0 Å². The molecule has 21 heavy (non-hydrogen) atoms. The van der Waals surface area contributed by atoms with E-state index in [-0.39, 0.29) is 26.2 Å². The van der Waals surface area contributed by atoms with Crippen molar-refractivity contribution in [2.24, 2.45) is 0 Å². The fourth-order valence-electron chi connectivity index (χ4n) is 1.54. The van der Waals surface area contributed by atoms with Crippen molar-refractivity contribution >= 4 is 44.1 Å². The largest absolute Gasteiger partial charge is 0.494 e. The molecule has 0 aliphatic heterocycles. The molecule has 112 valence electrons. The number of carboxylic acids is 1. The van der Waals surface area contributed by atoms with Gasteiger partial charge in [0.25, 0.3) is 10.0 Å². The van der Waals surface area contributed by atoms with Gasteiger partial charge < -0.3 is 9.84 Å². The number of aromatic carboxylic acids is 1. The zero-order valence-corrected chi connectivity index (χ0v) is 12.8. The standard InChI is InChI=1S/C10H8ClN3O5S2/c1-19-9-6(10(15)16)2-5(11)3-7(9)21(17,18)13-8-4-12-14-20-8/h2-4,13H,1H3,(H,15,16). The van der Waals surface area contributed by atoms with Gasteiger partial charge in [0, 0.05) is 16.6 Å². The number of ether oxygens (including phenoxy) is 1. The first-order valence-electron chi connectivity index (χ1n) is 5.26. The Morgan fingerprint density at radius 3 is 2.71 bits per heavy atom. The maximum absolute atomic E-state index is 12.3. The minimum absolute atomic E-state index is 0.0454. The summed E-state index contributed by atoms with van der Waals surface area (Å²) in [4.78, 5) is 10.8. The number of sulfonamides is 1. The van der Waals surface area contributed by atoms with Crippen molar-refractivity contribution in [1.82, 2.24) is 9.59 Å². The van der Waals surface area contributed by atoms with Crippen LogP contribution in [0.2, 0.25) is 5.02 Å². The van der Waals surface area contributed by atoms with Crippen molar-refractivity contribution in [2.75, 3.05) is 11.8 Å². The molecule has 0 bridgehead atoms. The Morgan fingerprint density at radius 2 is 2.19 bits per heavy atom. The second-order valence-electron chi connectivity index (χ2n) is 3.68. The van der Waals surface area contributed by atoms with E-state index in [4.69, 9.17) is 21.4 Å². The van der Waals surface area contributed by atoms with E-state index in [0.29, 0.717) is 0 Å². The molecule has 2 N–H and O–H groups in total. The quantitative estimate of drug-likeness (QED) is 0.843. The first kappa shape index (κ1) is 15.5. The van der Waals surface area contributed by atoms with Crippen LogP contribution in [0.15, 0.2) is 23.2 Å². The minimum Gasteiger partial charge on any atom is -0.494 e. The summed E-state index contributed by atoms with van der Waals surface area (Å²) in [6, 6.07) is 2.21. The predicted molar refractivity (Wildman–Crippen MR) is 75.7 cm³/mol. The lowest BCUT2D eigenvalue weighted by atomic mass is 10.2. The molecule has 11 heteroatoms. The highest BCUT2D eigenvalue weighted by molar-refractivity contribution is 7.93. The van der Waals surface area contributed by atoms with Gasteiger partial charge in [-0.1, -0.05) is 16.1 Å². The van der Waals surface area contributed by atoms with Crippen LogP contribution in [0.3, 0.4) is 0 Å². The van der Waals surface area contributed by atoms with Crippen LogP contribution in [0.4, 0.5) is 5.00 Å². The van der Waals surface area contributed by atoms with Crippen LogP contribution in [-0.2, 0) is 10.0 Å². The number of rotatable bonds is 5. The predicted octanol–water partition coefficient (Wildman–Crippen LogP) is 1.70. The lowest BCUT2D eigenvalue weighted by Gasteiger charge is -2.13. The zero-order chi connectivity index (χ0) is 15.6. The summed E-state index contributed by atoms with van der Waals surface area (Å²) in [7, 11) is -2.93. The summed E-state index contributed by atoms with van der Waals surface area (Å²) in [5.74, 6) is -1.66. The Kier molecular flexibility index (Phi) is 4.30. The van der Waals surface area contributed by atoms with Gasteiger partial charge in [0.1, 0.15) is 15.5 Å². The normalized spacial score (nSPS) is 11.1. The van der Waals surface area contributed by atoms with E-state index < -0.39 is 16.0 Å². The van der Waals surface area contributed by atoms with Crippen LogP contribution >= 0.6 is 23.1 Å². The van der Waals surface area contributed by atoms with E-state index in [1.807, 2.05) is 0 Å². The molecular weight excluding hydrogens is 342 g/mol. The fourth-order valence-corrected chi connectivity index (χ4v) is 3.72. The molecular formula is C10H8ClN3O5S2. The molecule has 0 amide bonds. The van der Waals surface area contributed by atoms with Gasteiger partial charge in [0.15, 0.2) is 5.75 Å². The van der Waals surface area contributed by atoms with Gasteiger partial charge in [-0.15, -0.1) is 5.10 Å². The number of hydrogen-bond donors (Lipinski definition) is 2. The van der Waals surface area contributed by atoms with E-state index in [9.17, 15) is 13.2 Å². The highest BCUT2D eigenvalue weighted by Crippen LogP contribution is 2.33. The maximum Gasteiger partial charge on any atom is 0.339 e. The van der Waals surface area contributed by atoms with Gasteiger partial charge in [-0.05, 0) is 12.1 Å². The van der Waals surface area contributed by atoms with E-state index in [0.717, 1.165) is 23.7 Å². The lowest BCUT2D eigenvalue weighted by Crippen LogP contribution is -2.15. The summed E-state index contributed by atoms with van der Waals surface area (Å²) < 4.78 is 35.3. The van der Waals surface area contributed by atoms with Crippen molar-refractivity contribution < 1.29 is 23.1 Å². The highest BCUT2D eigenvalue weighted by atomic mass is 35.5. The summed E-state index contributed by atoms with van der Waals surface area (Å²) >= 11 is 6.61. The number of hydrogen-bond acceptors (Lipinski definition) is 7. The van der Waals surface area contributed by atoms with Crippen molar-refractivity contribution in [3.05, 3.63) is 28.9 Å². The molecule has 0 atom stereocenters. The van der Waals surface area contributed by atoms with Crippen LogP contribution in [0.5, 0.6) is 5.75 Å².